The van der Waals surface area contributed by atoms with E-state index in [0.29, 0.717) is 11.3 Å². The summed E-state index contributed by atoms with van der Waals surface area (Å²) in [6.45, 7) is 4.51. The number of nitrogens with one attached hydrogen (secondary N) is 1. The summed E-state index contributed by atoms with van der Waals surface area (Å²) in [5, 5.41) is 20.5. The summed E-state index contributed by atoms with van der Waals surface area (Å²) < 4.78 is 10.1. The van der Waals surface area contributed by atoms with Gasteiger partial charge >= 0.3 is 12.1 Å². The summed E-state index contributed by atoms with van der Waals surface area (Å²) in [6.07, 6.45) is -0.627. The fraction of sp³-hybridized carbons (Fsp3) is 0.467. The first-order valence-electron chi connectivity index (χ1n) is 6.76. The Kier molecular flexibility index (Phi) is 6.18. The van der Waals surface area contributed by atoms with Gasteiger partial charge < -0.3 is 25.0 Å². The van der Waals surface area contributed by atoms with Gasteiger partial charge in [0.1, 0.15) is 11.4 Å². The maximum atomic E-state index is 11.7. The largest absolute Gasteiger partial charge is 0.482 e. The van der Waals surface area contributed by atoms with Gasteiger partial charge in [-0.05, 0) is 38.5 Å². The molecule has 122 valence electrons. The van der Waals surface area contributed by atoms with E-state index in [1.807, 2.05) is 0 Å². The van der Waals surface area contributed by atoms with Gasteiger partial charge in [0.05, 0.1) is 12.6 Å². The van der Waals surface area contributed by atoms with Gasteiger partial charge in [0.25, 0.3) is 0 Å². The van der Waals surface area contributed by atoms with Gasteiger partial charge in [-0.25, -0.2) is 9.59 Å². The Morgan fingerprint density at radius 1 is 1.23 bits per heavy atom. The molecular formula is C15H21NO6. The van der Waals surface area contributed by atoms with Crippen molar-refractivity contribution in [1.82, 2.24) is 5.32 Å². The Morgan fingerprint density at radius 2 is 1.82 bits per heavy atom. The van der Waals surface area contributed by atoms with Crippen molar-refractivity contribution >= 4 is 12.1 Å². The molecule has 7 nitrogen and oxygen atoms in total. The van der Waals surface area contributed by atoms with Crippen LogP contribution in [0.4, 0.5) is 4.79 Å². The molecule has 0 aliphatic heterocycles. The van der Waals surface area contributed by atoms with E-state index in [4.69, 9.17) is 14.6 Å². The average Bonchev–Trinajstić information content (AvgIpc) is 2.41. The maximum Gasteiger partial charge on any atom is 0.408 e. The molecule has 0 unspecified atom stereocenters. The van der Waals surface area contributed by atoms with Crippen LogP contribution in [0, 0.1) is 0 Å². The second-order valence-electron chi connectivity index (χ2n) is 5.63. The summed E-state index contributed by atoms with van der Waals surface area (Å²) in [6, 6.07) is 5.78. The average molecular weight is 311 g/mol. The predicted octanol–water partition coefficient (Wildman–Crippen LogP) is 1.71. The van der Waals surface area contributed by atoms with Crippen molar-refractivity contribution in [3.05, 3.63) is 29.8 Å². The minimum atomic E-state index is -1.07. The van der Waals surface area contributed by atoms with Gasteiger partial charge in [0, 0.05) is 0 Å². The van der Waals surface area contributed by atoms with Crippen LogP contribution < -0.4 is 10.1 Å². The molecule has 22 heavy (non-hydrogen) atoms. The number of ether oxygens (including phenoxy) is 2. The van der Waals surface area contributed by atoms with Crippen molar-refractivity contribution < 1.29 is 29.3 Å². The molecule has 1 aromatic rings. The number of alkyl carbamates (subject to hydrolysis) is 1. The van der Waals surface area contributed by atoms with Crippen molar-refractivity contribution in [3.8, 4) is 5.75 Å². The zero-order valence-electron chi connectivity index (χ0n) is 12.8. The number of hydrogen-bond acceptors (Lipinski definition) is 5. The molecule has 0 bridgehead atoms. The molecule has 0 saturated heterocycles. The second-order valence-corrected chi connectivity index (χ2v) is 5.63. The highest BCUT2D eigenvalue weighted by molar-refractivity contribution is 5.69. The fourth-order valence-corrected chi connectivity index (χ4v) is 1.63. The fourth-order valence-electron chi connectivity index (χ4n) is 1.63. The van der Waals surface area contributed by atoms with Crippen LogP contribution >= 0.6 is 0 Å². The van der Waals surface area contributed by atoms with Crippen LogP contribution in [0.5, 0.6) is 5.75 Å². The van der Waals surface area contributed by atoms with Gasteiger partial charge in [0.15, 0.2) is 6.61 Å². The Bertz CT molecular complexity index is 506. The van der Waals surface area contributed by atoms with Crippen LogP contribution in [-0.4, -0.2) is 41.1 Å². The molecule has 0 fully saturated rings. The highest BCUT2D eigenvalue weighted by Crippen LogP contribution is 2.18. The van der Waals surface area contributed by atoms with E-state index in [0.717, 1.165) is 0 Å². The van der Waals surface area contributed by atoms with E-state index in [1.54, 1.807) is 45.0 Å². The minimum Gasteiger partial charge on any atom is -0.482 e. The van der Waals surface area contributed by atoms with Crippen LogP contribution in [0.2, 0.25) is 0 Å². The van der Waals surface area contributed by atoms with Gasteiger partial charge in [-0.3, -0.25) is 0 Å². The Hall–Kier alpha value is -2.28. The summed E-state index contributed by atoms with van der Waals surface area (Å²) in [4.78, 5) is 22.1. The van der Waals surface area contributed by atoms with Crippen molar-refractivity contribution in [1.29, 1.82) is 0 Å². The summed E-state index contributed by atoms with van der Waals surface area (Å²) in [5.74, 6) is -0.677. The molecule has 0 heterocycles. The first-order chi connectivity index (χ1) is 10.2. The number of hydrogen-bond donors (Lipinski definition) is 3. The van der Waals surface area contributed by atoms with E-state index in [-0.39, 0.29) is 6.61 Å². The molecular weight excluding hydrogens is 290 g/mol. The molecule has 0 aliphatic rings. The molecule has 0 aliphatic carbocycles. The minimum absolute atomic E-state index is 0.297. The number of carbonyl (C=O) groups excluding carboxylic acids is 1. The second kappa shape index (κ2) is 7.65. The Labute approximate surface area is 128 Å². The molecule has 1 atom stereocenters. The van der Waals surface area contributed by atoms with Crippen molar-refractivity contribution in [3.63, 3.8) is 0 Å². The van der Waals surface area contributed by atoms with Gasteiger partial charge in [0.2, 0.25) is 0 Å². The van der Waals surface area contributed by atoms with E-state index in [2.05, 4.69) is 5.32 Å². The predicted molar refractivity (Wildman–Crippen MR) is 78.8 cm³/mol. The Balaban J connectivity index is 2.66. The summed E-state index contributed by atoms with van der Waals surface area (Å²) in [7, 11) is 0. The zero-order chi connectivity index (χ0) is 16.8. The molecule has 0 spiro atoms. The third kappa shape index (κ3) is 6.45. The van der Waals surface area contributed by atoms with Gasteiger partial charge in [-0.2, -0.15) is 0 Å². The zero-order valence-corrected chi connectivity index (χ0v) is 12.8. The van der Waals surface area contributed by atoms with E-state index < -0.39 is 30.3 Å². The monoisotopic (exact) mass is 311 g/mol. The van der Waals surface area contributed by atoms with Crippen molar-refractivity contribution in [2.75, 3.05) is 13.2 Å². The highest BCUT2D eigenvalue weighted by Gasteiger charge is 2.20. The lowest BCUT2D eigenvalue weighted by Crippen LogP contribution is -2.36. The van der Waals surface area contributed by atoms with Crippen LogP contribution in [0.1, 0.15) is 32.4 Å². The number of rotatable bonds is 6. The van der Waals surface area contributed by atoms with Crippen LogP contribution in [-0.2, 0) is 9.53 Å². The third-order valence-corrected chi connectivity index (χ3v) is 2.52. The number of aliphatic hydroxyl groups excluding tert-OH is 1. The number of amides is 1. The Morgan fingerprint density at radius 3 is 2.27 bits per heavy atom. The number of carboxylic acid groups (broad SMARTS) is 1. The number of carboxylic acids is 1. The van der Waals surface area contributed by atoms with Crippen molar-refractivity contribution in [2.45, 2.75) is 32.4 Å². The first-order valence-corrected chi connectivity index (χ1v) is 6.76. The molecule has 0 aromatic heterocycles. The SMILES string of the molecule is CC(C)(C)OC(=O)N[C@@H](CO)c1ccc(OCC(=O)O)cc1. The van der Waals surface area contributed by atoms with E-state index in [9.17, 15) is 14.7 Å². The summed E-state index contributed by atoms with van der Waals surface area (Å²) >= 11 is 0. The quantitative estimate of drug-likeness (QED) is 0.738. The molecule has 7 heteroatoms. The normalized spacial score (nSPS) is 12.4. The molecule has 0 saturated carbocycles. The third-order valence-electron chi connectivity index (χ3n) is 2.52. The van der Waals surface area contributed by atoms with Gasteiger partial charge in [-0.15, -0.1) is 0 Å². The molecule has 0 radical (unpaired) electrons. The molecule has 1 aromatic carbocycles. The van der Waals surface area contributed by atoms with Crippen LogP contribution in [0.3, 0.4) is 0 Å². The molecule has 3 N–H and O–H groups in total. The van der Waals surface area contributed by atoms with E-state index in [1.165, 1.54) is 0 Å². The topological polar surface area (TPSA) is 105 Å². The molecule has 1 rings (SSSR count). The van der Waals surface area contributed by atoms with Crippen LogP contribution in [0.25, 0.3) is 0 Å². The standard InChI is InChI=1S/C15H21NO6/c1-15(2,3)22-14(20)16-12(8-17)10-4-6-11(7-5-10)21-9-13(18)19/h4-7,12,17H,8-9H2,1-3H3,(H,16,20)(H,18,19)/t12-/m0/s1. The number of aliphatic hydroxyl groups is 1. The van der Waals surface area contributed by atoms with E-state index >= 15 is 0 Å². The van der Waals surface area contributed by atoms with Gasteiger partial charge in [-0.1, -0.05) is 12.1 Å². The van der Waals surface area contributed by atoms with Crippen LogP contribution in [0.15, 0.2) is 24.3 Å². The maximum absolute atomic E-state index is 11.7. The lowest BCUT2D eigenvalue weighted by molar-refractivity contribution is -0.139. The number of aliphatic carboxylic acids is 1. The first kappa shape index (κ1) is 17.8. The van der Waals surface area contributed by atoms with Crippen molar-refractivity contribution in [2.24, 2.45) is 0 Å². The molecule has 1 amide bonds. The highest BCUT2D eigenvalue weighted by atomic mass is 16.6. The number of carbonyl (C=O) groups is 2. The lowest BCUT2D eigenvalue weighted by Gasteiger charge is -2.23. The number of benzene rings is 1. The summed E-state index contributed by atoms with van der Waals surface area (Å²) in [5.41, 5.74) is 0.0227. The smallest absolute Gasteiger partial charge is 0.408 e. The lowest BCUT2D eigenvalue weighted by atomic mass is 10.1.